The molecule has 1 amide bonds. The van der Waals surface area contributed by atoms with Crippen LogP contribution in [-0.4, -0.2) is 41.9 Å². The lowest BCUT2D eigenvalue weighted by Gasteiger charge is -2.34. The van der Waals surface area contributed by atoms with Crippen LogP contribution in [0.4, 0.5) is 5.69 Å². The quantitative estimate of drug-likeness (QED) is 0.579. The normalized spacial score (nSPS) is 15.0. The number of rotatable bonds is 6. The number of anilines is 1. The van der Waals surface area contributed by atoms with Gasteiger partial charge < -0.3 is 5.32 Å². The molecule has 1 N–H and O–H groups in total. The predicted molar refractivity (Wildman–Crippen MR) is 128 cm³/mol. The number of nitrogens with one attached hydrogen (secondary N) is 1. The van der Waals surface area contributed by atoms with E-state index in [1.165, 1.54) is 11.1 Å². The molecule has 0 aliphatic carbocycles. The van der Waals surface area contributed by atoms with Crippen LogP contribution in [0.3, 0.4) is 0 Å². The van der Waals surface area contributed by atoms with Crippen molar-refractivity contribution < 1.29 is 4.79 Å². The molecule has 31 heavy (non-hydrogen) atoms. The molecule has 0 radical (unpaired) electrons. The number of carbonyl (C=O) groups is 1. The van der Waals surface area contributed by atoms with Gasteiger partial charge in [0.25, 0.3) is 5.91 Å². The van der Waals surface area contributed by atoms with Crippen molar-refractivity contribution in [2.45, 2.75) is 20.0 Å². The molecule has 3 aromatic rings. The Bertz CT molecular complexity index is 1010. The summed E-state index contributed by atoms with van der Waals surface area (Å²) in [4.78, 5) is 17.5. The highest BCUT2D eigenvalue weighted by Crippen LogP contribution is 2.21. The van der Waals surface area contributed by atoms with E-state index >= 15 is 0 Å². The number of piperazine rings is 1. The maximum atomic E-state index is 12.5. The smallest absolute Gasteiger partial charge is 0.255 e. The topological polar surface area (TPSA) is 35.6 Å². The standard InChI is InChI=1S/C26H28ClN3O/c1-20-7-12-24(17-25(20)27)28-26(31)23-10-8-22(9-11-23)19-30-15-13-29(14-16-30)18-21-5-3-2-4-6-21/h2-12,17H,13-16,18-19H2,1H3,(H,28,31). The van der Waals surface area contributed by atoms with Gasteiger partial charge in [-0.15, -0.1) is 0 Å². The van der Waals surface area contributed by atoms with Crippen LogP contribution in [0.15, 0.2) is 72.8 Å². The maximum Gasteiger partial charge on any atom is 0.255 e. The van der Waals surface area contributed by atoms with Crippen LogP contribution < -0.4 is 5.32 Å². The number of aryl methyl sites for hydroxylation is 1. The summed E-state index contributed by atoms with van der Waals surface area (Å²) in [5, 5.41) is 3.56. The van der Waals surface area contributed by atoms with E-state index in [9.17, 15) is 4.79 Å². The molecule has 5 heteroatoms. The van der Waals surface area contributed by atoms with Gasteiger partial charge in [0.05, 0.1) is 0 Å². The lowest BCUT2D eigenvalue weighted by Crippen LogP contribution is -2.45. The Kier molecular flexibility index (Phi) is 7.03. The van der Waals surface area contributed by atoms with Gasteiger partial charge in [0, 0.05) is 55.5 Å². The minimum Gasteiger partial charge on any atom is -0.322 e. The molecular weight excluding hydrogens is 406 g/mol. The van der Waals surface area contributed by atoms with Crippen molar-refractivity contribution in [2.75, 3.05) is 31.5 Å². The van der Waals surface area contributed by atoms with Gasteiger partial charge in [-0.1, -0.05) is 60.1 Å². The second-order valence-electron chi connectivity index (χ2n) is 8.15. The first-order valence-corrected chi connectivity index (χ1v) is 11.1. The molecule has 0 unspecified atom stereocenters. The van der Waals surface area contributed by atoms with E-state index in [0.717, 1.165) is 44.8 Å². The first-order valence-electron chi connectivity index (χ1n) is 10.7. The Morgan fingerprint density at radius 2 is 1.42 bits per heavy atom. The molecule has 0 saturated carbocycles. The molecule has 1 saturated heterocycles. The van der Waals surface area contributed by atoms with Crippen LogP contribution >= 0.6 is 11.6 Å². The van der Waals surface area contributed by atoms with E-state index in [0.29, 0.717) is 16.3 Å². The van der Waals surface area contributed by atoms with Crippen LogP contribution in [0.25, 0.3) is 0 Å². The van der Waals surface area contributed by atoms with Crippen molar-refractivity contribution in [1.82, 2.24) is 9.80 Å². The fourth-order valence-corrected chi connectivity index (χ4v) is 4.02. The largest absolute Gasteiger partial charge is 0.322 e. The number of nitrogens with zero attached hydrogens (tertiary/aromatic N) is 2. The highest BCUT2D eigenvalue weighted by Gasteiger charge is 2.17. The Balaban J connectivity index is 1.27. The van der Waals surface area contributed by atoms with Gasteiger partial charge >= 0.3 is 0 Å². The molecule has 0 bridgehead atoms. The zero-order valence-electron chi connectivity index (χ0n) is 17.9. The van der Waals surface area contributed by atoms with Crippen molar-refractivity contribution in [1.29, 1.82) is 0 Å². The highest BCUT2D eigenvalue weighted by atomic mass is 35.5. The van der Waals surface area contributed by atoms with Crippen molar-refractivity contribution >= 4 is 23.2 Å². The summed E-state index contributed by atoms with van der Waals surface area (Å²) in [6.07, 6.45) is 0. The average Bonchev–Trinajstić information content (AvgIpc) is 2.79. The Labute approximate surface area is 189 Å². The van der Waals surface area contributed by atoms with Crippen LogP contribution in [0.1, 0.15) is 27.0 Å². The molecule has 160 valence electrons. The van der Waals surface area contributed by atoms with E-state index in [-0.39, 0.29) is 5.91 Å². The highest BCUT2D eigenvalue weighted by molar-refractivity contribution is 6.31. The zero-order chi connectivity index (χ0) is 21.6. The average molecular weight is 434 g/mol. The Morgan fingerprint density at radius 3 is 2.00 bits per heavy atom. The van der Waals surface area contributed by atoms with Crippen LogP contribution in [0, 0.1) is 6.92 Å². The van der Waals surface area contributed by atoms with Crippen LogP contribution in [-0.2, 0) is 13.1 Å². The number of amides is 1. The molecule has 0 spiro atoms. The summed E-state index contributed by atoms with van der Waals surface area (Å²) in [6.45, 7) is 8.14. The fraction of sp³-hybridized carbons (Fsp3) is 0.269. The van der Waals surface area contributed by atoms with Gasteiger partial charge in [-0.05, 0) is 47.9 Å². The van der Waals surface area contributed by atoms with E-state index in [1.54, 1.807) is 6.07 Å². The van der Waals surface area contributed by atoms with Gasteiger partial charge in [-0.3, -0.25) is 14.6 Å². The summed E-state index contributed by atoms with van der Waals surface area (Å²) >= 11 is 6.15. The third kappa shape index (κ3) is 5.95. The van der Waals surface area contributed by atoms with Gasteiger partial charge in [-0.25, -0.2) is 0 Å². The molecule has 4 nitrogen and oxygen atoms in total. The SMILES string of the molecule is Cc1ccc(NC(=O)c2ccc(CN3CCN(Cc4ccccc4)CC3)cc2)cc1Cl. The molecule has 1 heterocycles. The third-order valence-electron chi connectivity index (χ3n) is 5.77. The predicted octanol–water partition coefficient (Wildman–Crippen LogP) is 5.22. The molecule has 1 fully saturated rings. The molecule has 3 aromatic carbocycles. The minimum atomic E-state index is -0.124. The van der Waals surface area contributed by atoms with E-state index in [4.69, 9.17) is 11.6 Å². The number of hydrogen-bond donors (Lipinski definition) is 1. The van der Waals surface area contributed by atoms with Gasteiger partial charge in [0.2, 0.25) is 0 Å². The van der Waals surface area contributed by atoms with Crippen molar-refractivity contribution in [3.05, 3.63) is 100 Å². The Hall–Kier alpha value is -2.66. The summed E-state index contributed by atoms with van der Waals surface area (Å²) in [7, 11) is 0. The van der Waals surface area contributed by atoms with Crippen molar-refractivity contribution in [3.63, 3.8) is 0 Å². The molecule has 4 rings (SSSR count). The van der Waals surface area contributed by atoms with Gasteiger partial charge in [0.15, 0.2) is 0 Å². The van der Waals surface area contributed by atoms with Crippen molar-refractivity contribution in [3.8, 4) is 0 Å². The molecule has 1 aliphatic heterocycles. The number of benzene rings is 3. The van der Waals surface area contributed by atoms with E-state index in [2.05, 4.69) is 45.4 Å². The summed E-state index contributed by atoms with van der Waals surface area (Å²) in [5.74, 6) is -0.124. The summed E-state index contributed by atoms with van der Waals surface area (Å²) in [5.41, 5.74) is 4.94. The van der Waals surface area contributed by atoms with Gasteiger partial charge in [0.1, 0.15) is 0 Å². The first kappa shape index (κ1) is 21.6. The molecular formula is C26H28ClN3O. The van der Waals surface area contributed by atoms with Crippen LogP contribution in [0.5, 0.6) is 0 Å². The number of carbonyl (C=O) groups excluding carboxylic acids is 1. The lowest BCUT2D eigenvalue weighted by atomic mass is 10.1. The number of halogens is 1. The molecule has 0 atom stereocenters. The molecule has 0 aromatic heterocycles. The maximum absolute atomic E-state index is 12.5. The lowest BCUT2D eigenvalue weighted by molar-refractivity contribution is 0.102. The Morgan fingerprint density at radius 1 is 0.839 bits per heavy atom. The molecule has 1 aliphatic rings. The zero-order valence-corrected chi connectivity index (χ0v) is 18.6. The van der Waals surface area contributed by atoms with Crippen LogP contribution in [0.2, 0.25) is 5.02 Å². The number of hydrogen-bond acceptors (Lipinski definition) is 3. The van der Waals surface area contributed by atoms with Gasteiger partial charge in [-0.2, -0.15) is 0 Å². The fourth-order valence-electron chi connectivity index (χ4n) is 3.84. The second kappa shape index (κ2) is 10.1. The third-order valence-corrected chi connectivity index (χ3v) is 6.17. The first-order chi connectivity index (χ1) is 15.1. The monoisotopic (exact) mass is 433 g/mol. The second-order valence-corrected chi connectivity index (χ2v) is 8.56. The van der Waals surface area contributed by atoms with E-state index < -0.39 is 0 Å². The van der Waals surface area contributed by atoms with E-state index in [1.807, 2.05) is 43.3 Å². The van der Waals surface area contributed by atoms with Crippen molar-refractivity contribution in [2.24, 2.45) is 0 Å². The summed E-state index contributed by atoms with van der Waals surface area (Å²) < 4.78 is 0. The minimum absolute atomic E-state index is 0.124. The summed E-state index contributed by atoms with van der Waals surface area (Å²) in [6, 6.07) is 24.1.